The molecular weight excluding hydrogens is 322 g/mol. The van der Waals surface area contributed by atoms with Crippen molar-refractivity contribution in [2.24, 2.45) is 5.92 Å². The lowest BCUT2D eigenvalue weighted by atomic mass is 10.0. The third-order valence-electron chi connectivity index (χ3n) is 4.91. The van der Waals surface area contributed by atoms with Gasteiger partial charge in [0, 0.05) is 49.7 Å². The first kappa shape index (κ1) is 17.1. The van der Waals surface area contributed by atoms with Crippen molar-refractivity contribution in [1.29, 1.82) is 0 Å². The summed E-state index contributed by atoms with van der Waals surface area (Å²) in [6.45, 7) is 4.52. The third-order valence-corrected chi connectivity index (χ3v) is 5.79. The lowest BCUT2D eigenvalue weighted by Crippen LogP contribution is -2.50. The molecule has 0 aromatic carbocycles. The second kappa shape index (κ2) is 7.92. The zero-order valence-corrected chi connectivity index (χ0v) is 15.1. The maximum atomic E-state index is 12.3. The highest BCUT2D eigenvalue weighted by molar-refractivity contribution is 7.12. The van der Waals surface area contributed by atoms with Gasteiger partial charge in [0.1, 0.15) is 0 Å². The Hall–Kier alpha value is -1.69. The van der Waals surface area contributed by atoms with Crippen molar-refractivity contribution < 1.29 is 9.59 Å². The SMILES string of the molecule is Cc1ncc(/C=C\C(=O)N2CCN(C(=O)CC3CCCC3)CC2)s1. The van der Waals surface area contributed by atoms with E-state index in [2.05, 4.69) is 4.98 Å². The predicted octanol–water partition coefficient (Wildman–Crippen LogP) is 2.72. The van der Waals surface area contributed by atoms with Crippen molar-refractivity contribution in [1.82, 2.24) is 14.8 Å². The van der Waals surface area contributed by atoms with Crippen molar-refractivity contribution in [3.05, 3.63) is 22.2 Å². The van der Waals surface area contributed by atoms with E-state index in [0.29, 0.717) is 38.5 Å². The van der Waals surface area contributed by atoms with E-state index in [-0.39, 0.29) is 11.8 Å². The van der Waals surface area contributed by atoms with Gasteiger partial charge in [-0.2, -0.15) is 0 Å². The van der Waals surface area contributed by atoms with E-state index in [0.717, 1.165) is 9.88 Å². The molecule has 0 bridgehead atoms. The number of thiazole rings is 1. The molecule has 0 atom stereocenters. The molecule has 2 fully saturated rings. The van der Waals surface area contributed by atoms with Gasteiger partial charge < -0.3 is 9.80 Å². The summed E-state index contributed by atoms with van der Waals surface area (Å²) in [6.07, 6.45) is 10.9. The highest BCUT2D eigenvalue weighted by Gasteiger charge is 2.26. The van der Waals surface area contributed by atoms with E-state index in [9.17, 15) is 9.59 Å². The molecule has 2 aliphatic rings. The summed E-state index contributed by atoms with van der Waals surface area (Å²) in [5.41, 5.74) is 0. The highest BCUT2D eigenvalue weighted by atomic mass is 32.1. The average molecular weight is 347 g/mol. The lowest BCUT2D eigenvalue weighted by Gasteiger charge is -2.34. The zero-order valence-electron chi connectivity index (χ0n) is 14.2. The van der Waals surface area contributed by atoms with Crippen LogP contribution in [0.15, 0.2) is 12.3 Å². The van der Waals surface area contributed by atoms with E-state index in [1.807, 2.05) is 22.8 Å². The topological polar surface area (TPSA) is 53.5 Å². The molecule has 3 rings (SSSR count). The van der Waals surface area contributed by atoms with Gasteiger partial charge in [0.15, 0.2) is 0 Å². The van der Waals surface area contributed by atoms with Crippen LogP contribution < -0.4 is 0 Å². The summed E-state index contributed by atoms with van der Waals surface area (Å²) in [4.78, 5) is 33.5. The summed E-state index contributed by atoms with van der Waals surface area (Å²) in [7, 11) is 0. The Morgan fingerprint density at radius 2 is 1.88 bits per heavy atom. The van der Waals surface area contributed by atoms with Gasteiger partial charge in [-0.3, -0.25) is 9.59 Å². The Kier molecular flexibility index (Phi) is 5.66. The number of aromatic nitrogens is 1. The normalized spacial score (nSPS) is 19.4. The second-order valence-electron chi connectivity index (χ2n) is 6.68. The Morgan fingerprint density at radius 3 is 2.50 bits per heavy atom. The van der Waals surface area contributed by atoms with Crippen molar-refractivity contribution in [2.45, 2.75) is 39.0 Å². The number of carbonyl (C=O) groups is 2. The smallest absolute Gasteiger partial charge is 0.246 e. The fraction of sp³-hybridized carbons (Fsp3) is 0.611. The molecule has 1 aliphatic carbocycles. The quantitative estimate of drug-likeness (QED) is 0.787. The maximum absolute atomic E-state index is 12.3. The Bertz CT molecular complexity index is 612. The fourth-order valence-electron chi connectivity index (χ4n) is 3.48. The van der Waals surface area contributed by atoms with Gasteiger partial charge in [0.05, 0.1) is 5.01 Å². The Labute approximate surface area is 147 Å². The fourth-order valence-corrected chi connectivity index (χ4v) is 4.17. The molecule has 0 spiro atoms. The van der Waals surface area contributed by atoms with Gasteiger partial charge in [-0.15, -0.1) is 11.3 Å². The van der Waals surface area contributed by atoms with Gasteiger partial charge in [0.25, 0.3) is 0 Å². The molecule has 1 saturated heterocycles. The Morgan fingerprint density at radius 1 is 1.21 bits per heavy atom. The number of nitrogens with zero attached hydrogens (tertiary/aromatic N) is 3. The number of piperazine rings is 1. The molecule has 1 aliphatic heterocycles. The minimum absolute atomic E-state index is 0.0175. The van der Waals surface area contributed by atoms with Crippen LogP contribution >= 0.6 is 11.3 Å². The van der Waals surface area contributed by atoms with Gasteiger partial charge in [-0.05, 0) is 31.8 Å². The second-order valence-corrected chi connectivity index (χ2v) is 7.94. The summed E-state index contributed by atoms with van der Waals surface area (Å²) < 4.78 is 0. The van der Waals surface area contributed by atoms with Crippen LogP contribution in [-0.2, 0) is 9.59 Å². The summed E-state index contributed by atoms with van der Waals surface area (Å²) in [5.74, 6) is 0.872. The van der Waals surface area contributed by atoms with Crippen molar-refractivity contribution in [3.8, 4) is 0 Å². The van der Waals surface area contributed by atoms with Gasteiger partial charge in [-0.1, -0.05) is 12.8 Å². The molecule has 5 nitrogen and oxygen atoms in total. The molecule has 1 aromatic rings. The number of carbonyl (C=O) groups excluding carboxylic acids is 2. The summed E-state index contributed by atoms with van der Waals surface area (Å²) >= 11 is 1.57. The molecule has 6 heteroatoms. The molecule has 0 N–H and O–H groups in total. The minimum Gasteiger partial charge on any atom is -0.339 e. The van der Waals surface area contributed by atoms with E-state index in [1.165, 1.54) is 25.7 Å². The van der Waals surface area contributed by atoms with Crippen LogP contribution in [0, 0.1) is 12.8 Å². The minimum atomic E-state index is 0.0175. The number of amides is 2. The molecule has 0 radical (unpaired) electrons. The van der Waals surface area contributed by atoms with E-state index < -0.39 is 0 Å². The zero-order chi connectivity index (χ0) is 16.9. The number of hydrogen-bond donors (Lipinski definition) is 0. The molecule has 130 valence electrons. The van der Waals surface area contributed by atoms with E-state index in [4.69, 9.17) is 0 Å². The van der Waals surface area contributed by atoms with Crippen molar-refractivity contribution in [3.63, 3.8) is 0 Å². The predicted molar refractivity (Wildman–Crippen MR) is 95.6 cm³/mol. The number of aryl methyl sites for hydroxylation is 1. The summed E-state index contributed by atoms with van der Waals surface area (Å²) in [6, 6.07) is 0. The molecule has 1 saturated carbocycles. The largest absolute Gasteiger partial charge is 0.339 e. The molecule has 2 heterocycles. The number of rotatable bonds is 4. The molecule has 2 amide bonds. The first-order chi connectivity index (χ1) is 11.6. The standard InChI is InChI=1S/C18H25N3O2S/c1-14-19-13-16(24-14)6-7-17(22)20-8-10-21(11-9-20)18(23)12-15-4-2-3-5-15/h6-7,13,15H,2-5,8-12H2,1H3/b7-6-. The summed E-state index contributed by atoms with van der Waals surface area (Å²) in [5, 5.41) is 0.997. The van der Waals surface area contributed by atoms with Crippen molar-refractivity contribution in [2.75, 3.05) is 26.2 Å². The van der Waals surface area contributed by atoms with Crippen LogP contribution in [0.1, 0.15) is 42.0 Å². The highest BCUT2D eigenvalue weighted by Crippen LogP contribution is 2.28. The monoisotopic (exact) mass is 347 g/mol. The van der Waals surface area contributed by atoms with Gasteiger partial charge >= 0.3 is 0 Å². The third kappa shape index (κ3) is 4.44. The van der Waals surface area contributed by atoms with Crippen LogP contribution in [0.25, 0.3) is 6.08 Å². The van der Waals surface area contributed by atoms with E-state index >= 15 is 0 Å². The van der Waals surface area contributed by atoms with Crippen LogP contribution in [0.4, 0.5) is 0 Å². The van der Waals surface area contributed by atoms with Gasteiger partial charge in [0.2, 0.25) is 11.8 Å². The Balaban J connectivity index is 1.44. The average Bonchev–Trinajstić information content (AvgIpc) is 3.24. The van der Waals surface area contributed by atoms with E-state index in [1.54, 1.807) is 23.6 Å². The molecule has 24 heavy (non-hydrogen) atoms. The van der Waals surface area contributed by atoms with Gasteiger partial charge in [-0.25, -0.2) is 4.98 Å². The van der Waals surface area contributed by atoms with Crippen LogP contribution in [0.3, 0.4) is 0 Å². The molecule has 1 aromatic heterocycles. The first-order valence-corrected chi connectivity index (χ1v) is 9.60. The lowest BCUT2D eigenvalue weighted by molar-refractivity contribution is -0.137. The van der Waals surface area contributed by atoms with Crippen LogP contribution in [0.2, 0.25) is 0 Å². The first-order valence-electron chi connectivity index (χ1n) is 8.79. The maximum Gasteiger partial charge on any atom is 0.246 e. The molecule has 0 unspecified atom stereocenters. The number of hydrogen-bond acceptors (Lipinski definition) is 4. The van der Waals surface area contributed by atoms with Crippen LogP contribution in [0.5, 0.6) is 0 Å². The van der Waals surface area contributed by atoms with Crippen LogP contribution in [-0.4, -0.2) is 52.8 Å². The molecular formula is C18H25N3O2S. The van der Waals surface area contributed by atoms with Crippen molar-refractivity contribution >= 4 is 29.2 Å².